The van der Waals surface area contributed by atoms with E-state index in [4.69, 9.17) is 4.74 Å². The van der Waals surface area contributed by atoms with E-state index < -0.39 is 0 Å². The fourth-order valence-electron chi connectivity index (χ4n) is 3.86. The maximum Gasteiger partial charge on any atom is 0.257 e. The highest BCUT2D eigenvalue weighted by atomic mass is 16.5. The van der Waals surface area contributed by atoms with Crippen LogP contribution in [0.15, 0.2) is 91.1 Å². The quantitative estimate of drug-likeness (QED) is 0.481. The molecule has 5 rings (SSSR count). The number of rotatable bonds is 6. The van der Waals surface area contributed by atoms with Gasteiger partial charge in [-0.1, -0.05) is 48.5 Å². The van der Waals surface area contributed by atoms with E-state index in [1.807, 2.05) is 54.6 Å². The van der Waals surface area contributed by atoms with Crippen LogP contribution in [0.3, 0.4) is 0 Å². The van der Waals surface area contributed by atoms with Gasteiger partial charge in [-0.25, -0.2) is 0 Å². The molecule has 164 valence electrons. The summed E-state index contributed by atoms with van der Waals surface area (Å²) >= 11 is 0. The first kappa shape index (κ1) is 20.8. The molecule has 0 radical (unpaired) electrons. The summed E-state index contributed by atoms with van der Waals surface area (Å²) < 4.78 is 5.87. The molecule has 2 amide bonds. The lowest BCUT2D eigenvalue weighted by atomic mass is 10.1. The number of amides is 2. The second-order valence-corrected chi connectivity index (χ2v) is 8.04. The van der Waals surface area contributed by atoms with Crippen LogP contribution in [0.1, 0.15) is 26.3 Å². The maximum atomic E-state index is 12.8. The van der Waals surface area contributed by atoms with Crippen LogP contribution >= 0.6 is 0 Å². The summed E-state index contributed by atoms with van der Waals surface area (Å²) in [5, 5.41) is 3.80. The van der Waals surface area contributed by atoms with Crippen molar-refractivity contribution in [2.24, 2.45) is 0 Å². The SMILES string of the molecule is O=C(Nc1ccc(C(=O)N2CC(OCc3ccccc3)C2)cc1)c1cccc2cccnc12. The molecule has 1 N–H and O–H groups in total. The zero-order valence-corrected chi connectivity index (χ0v) is 18.0. The number of carbonyl (C=O) groups is 2. The number of pyridine rings is 1. The number of hydrogen-bond donors (Lipinski definition) is 1. The van der Waals surface area contributed by atoms with Crippen molar-refractivity contribution < 1.29 is 14.3 Å². The van der Waals surface area contributed by atoms with Gasteiger partial charge in [-0.3, -0.25) is 14.6 Å². The van der Waals surface area contributed by atoms with Crippen molar-refractivity contribution in [2.45, 2.75) is 12.7 Å². The summed E-state index contributed by atoms with van der Waals surface area (Å²) in [7, 11) is 0. The number of benzene rings is 3. The van der Waals surface area contributed by atoms with Gasteiger partial charge in [-0.2, -0.15) is 0 Å². The van der Waals surface area contributed by atoms with Crippen LogP contribution in [0.4, 0.5) is 5.69 Å². The summed E-state index contributed by atoms with van der Waals surface area (Å²) in [4.78, 5) is 31.6. The van der Waals surface area contributed by atoms with Gasteiger partial charge in [0, 0.05) is 35.9 Å². The van der Waals surface area contributed by atoms with E-state index in [0.29, 0.717) is 42.0 Å². The molecule has 0 aliphatic carbocycles. The Kier molecular flexibility index (Phi) is 5.83. The van der Waals surface area contributed by atoms with Crippen molar-refractivity contribution in [3.8, 4) is 0 Å². The summed E-state index contributed by atoms with van der Waals surface area (Å²) in [5.74, 6) is -0.273. The number of nitrogens with zero attached hydrogens (tertiary/aromatic N) is 2. The van der Waals surface area contributed by atoms with E-state index in [0.717, 1.165) is 10.9 Å². The van der Waals surface area contributed by atoms with Gasteiger partial charge in [0.15, 0.2) is 0 Å². The lowest BCUT2D eigenvalue weighted by molar-refractivity contribution is -0.0503. The topological polar surface area (TPSA) is 71.5 Å². The molecule has 4 aromatic rings. The number of fused-ring (bicyclic) bond motifs is 1. The fraction of sp³-hybridized carbons (Fsp3) is 0.148. The highest BCUT2D eigenvalue weighted by Gasteiger charge is 2.31. The Labute approximate surface area is 191 Å². The number of nitrogens with one attached hydrogen (secondary N) is 1. The van der Waals surface area contributed by atoms with Crippen LogP contribution in [-0.4, -0.2) is 40.9 Å². The van der Waals surface area contributed by atoms with Gasteiger partial charge < -0.3 is 15.0 Å². The van der Waals surface area contributed by atoms with Crippen LogP contribution in [0.5, 0.6) is 0 Å². The third kappa shape index (κ3) is 4.61. The highest BCUT2D eigenvalue weighted by molar-refractivity contribution is 6.11. The lowest BCUT2D eigenvalue weighted by Crippen LogP contribution is -2.54. The van der Waals surface area contributed by atoms with Crippen LogP contribution < -0.4 is 5.32 Å². The second kappa shape index (κ2) is 9.22. The monoisotopic (exact) mass is 437 g/mol. The summed E-state index contributed by atoms with van der Waals surface area (Å²) in [6, 6.07) is 26.2. The van der Waals surface area contributed by atoms with E-state index in [-0.39, 0.29) is 17.9 Å². The molecule has 6 nitrogen and oxygen atoms in total. The molecule has 1 aliphatic heterocycles. The first-order chi connectivity index (χ1) is 16.2. The van der Waals surface area contributed by atoms with Gasteiger partial charge in [0.25, 0.3) is 11.8 Å². The number of anilines is 1. The van der Waals surface area contributed by atoms with Gasteiger partial charge in [0.1, 0.15) is 0 Å². The minimum Gasteiger partial charge on any atom is -0.370 e. The zero-order valence-electron chi connectivity index (χ0n) is 18.0. The molecular formula is C27H23N3O3. The Morgan fingerprint density at radius 3 is 2.45 bits per heavy atom. The molecule has 33 heavy (non-hydrogen) atoms. The molecule has 1 fully saturated rings. The Hall–Kier alpha value is -4.03. The Balaban J connectivity index is 1.16. The van der Waals surface area contributed by atoms with Gasteiger partial charge in [-0.15, -0.1) is 0 Å². The summed E-state index contributed by atoms with van der Waals surface area (Å²) in [6.45, 7) is 1.71. The van der Waals surface area contributed by atoms with Crippen molar-refractivity contribution in [1.82, 2.24) is 9.88 Å². The molecule has 0 bridgehead atoms. The predicted octanol–water partition coefficient (Wildman–Crippen LogP) is 4.53. The first-order valence-corrected chi connectivity index (χ1v) is 10.9. The smallest absolute Gasteiger partial charge is 0.257 e. The molecule has 0 unspecified atom stereocenters. The molecule has 1 aromatic heterocycles. The molecular weight excluding hydrogens is 414 g/mol. The molecule has 3 aromatic carbocycles. The Morgan fingerprint density at radius 1 is 0.909 bits per heavy atom. The molecule has 6 heteroatoms. The third-order valence-corrected chi connectivity index (χ3v) is 5.73. The van der Waals surface area contributed by atoms with Crippen LogP contribution in [0.2, 0.25) is 0 Å². The second-order valence-electron chi connectivity index (χ2n) is 8.04. The van der Waals surface area contributed by atoms with Crippen molar-refractivity contribution in [2.75, 3.05) is 18.4 Å². The van der Waals surface area contributed by atoms with Crippen molar-refractivity contribution in [1.29, 1.82) is 0 Å². The first-order valence-electron chi connectivity index (χ1n) is 10.9. The summed E-state index contributed by atoms with van der Waals surface area (Å²) in [5.41, 5.74) is 3.50. The number of likely N-dealkylation sites (tertiary alicyclic amines) is 1. The minimum absolute atomic E-state index is 0.0364. The largest absolute Gasteiger partial charge is 0.370 e. The Bertz CT molecular complexity index is 1280. The Morgan fingerprint density at radius 2 is 1.67 bits per heavy atom. The number of hydrogen-bond acceptors (Lipinski definition) is 4. The molecule has 0 spiro atoms. The number of para-hydroxylation sites is 1. The van der Waals surface area contributed by atoms with Crippen molar-refractivity contribution >= 4 is 28.4 Å². The molecule has 1 aliphatic rings. The van der Waals surface area contributed by atoms with Gasteiger partial charge in [-0.05, 0) is 42.0 Å². The van der Waals surface area contributed by atoms with E-state index in [2.05, 4.69) is 10.3 Å². The third-order valence-electron chi connectivity index (χ3n) is 5.73. The van der Waals surface area contributed by atoms with E-state index in [1.54, 1.807) is 41.4 Å². The number of carbonyl (C=O) groups excluding carboxylic acids is 2. The maximum absolute atomic E-state index is 12.8. The van der Waals surface area contributed by atoms with Crippen LogP contribution in [-0.2, 0) is 11.3 Å². The lowest BCUT2D eigenvalue weighted by Gasteiger charge is -2.39. The molecule has 2 heterocycles. The van der Waals surface area contributed by atoms with Crippen LogP contribution in [0, 0.1) is 0 Å². The predicted molar refractivity (Wildman–Crippen MR) is 127 cm³/mol. The molecule has 0 saturated carbocycles. The molecule has 0 atom stereocenters. The van der Waals surface area contributed by atoms with E-state index in [1.165, 1.54) is 0 Å². The van der Waals surface area contributed by atoms with Gasteiger partial charge >= 0.3 is 0 Å². The van der Waals surface area contributed by atoms with Crippen molar-refractivity contribution in [3.63, 3.8) is 0 Å². The van der Waals surface area contributed by atoms with E-state index in [9.17, 15) is 9.59 Å². The van der Waals surface area contributed by atoms with Gasteiger partial charge in [0.2, 0.25) is 0 Å². The number of aromatic nitrogens is 1. The normalized spacial score (nSPS) is 13.5. The average molecular weight is 437 g/mol. The standard InChI is InChI=1S/C27H23N3O3/c31-26(24-10-4-8-20-9-5-15-28-25(20)24)29-22-13-11-21(12-14-22)27(32)30-16-23(17-30)33-18-19-6-2-1-3-7-19/h1-15,23H,16-18H2,(H,29,31). The average Bonchev–Trinajstić information content (AvgIpc) is 2.83. The minimum atomic E-state index is -0.237. The highest BCUT2D eigenvalue weighted by Crippen LogP contribution is 2.20. The summed E-state index contributed by atoms with van der Waals surface area (Å²) in [6.07, 6.45) is 1.73. The van der Waals surface area contributed by atoms with E-state index >= 15 is 0 Å². The molecule has 1 saturated heterocycles. The van der Waals surface area contributed by atoms with Gasteiger partial charge in [0.05, 0.1) is 23.8 Å². The van der Waals surface area contributed by atoms with Crippen molar-refractivity contribution in [3.05, 3.63) is 108 Å². The fourth-order valence-corrected chi connectivity index (χ4v) is 3.86. The zero-order chi connectivity index (χ0) is 22.6. The number of ether oxygens (including phenoxy) is 1. The van der Waals surface area contributed by atoms with Crippen LogP contribution in [0.25, 0.3) is 10.9 Å².